The Morgan fingerprint density at radius 3 is 2.80 bits per heavy atom. The van der Waals surface area contributed by atoms with Crippen LogP contribution < -0.4 is 0 Å². The van der Waals surface area contributed by atoms with E-state index in [2.05, 4.69) is 10.1 Å². The first-order valence-corrected chi connectivity index (χ1v) is 8.97. The van der Waals surface area contributed by atoms with Crippen molar-refractivity contribution in [3.8, 4) is 0 Å². The highest BCUT2D eigenvalue weighted by Crippen LogP contribution is 2.30. The van der Waals surface area contributed by atoms with E-state index >= 15 is 0 Å². The lowest BCUT2D eigenvalue weighted by atomic mass is 10.0. The third-order valence-corrected chi connectivity index (χ3v) is 5.05. The summed E-state index contributed by atoms with van der Waals surface area (Å²) in [6.45, 7) is 0.628. The Kier molecular flexibility index (Phi) is 4.60. The Hall–Kier alpha value is -2.10. The van der Waals surface area contributed by atoms with Crippen molar-refractivity contribution >= 4 is 39.8 Å². The smallest absolute Gasteiger partial charge is 0.120 e. The number of para-hydroxylation sites is 1. The molecule has 0 amide bonds. The summed E-state index contributed by atoms with van der Waals surface area (Å²) in [4.78, 5) is 10.1. The molecule has 0 spiro atoms. The van der Waals surface area contributed by atoms with Gasteiger partial charge in [0.15, 0.2) is 0 Å². The van der Waals surface area contributed by atoms with Crippen LogP contribution in [0.3, 0.4) is 0 Å². The number of pyridine rings is 1. The van der Waals surface area contributed by atoms with Gasteiger partial charge in [-0.25, -0.2) is 0 Å². The van der Waals surface area contributed by atoms with E-state index in [0.29, 0.717) is 28.3 Å². The summed E-state index contributed by atoms with van der Waals surface area (Å²) in [5.74, 6) is 0.620. The van der Waals surface area contributed by atoms with Gasteiger partial charge in [0.25, 0.3) is 0 Å². The summed E-state index contributed by atoms with van der Waals surface area (Å²) in [7, 11) is 0. The molecule has 0 N–H and O–H groups in total. The Bertz CT molecular complexity index is 951. The van der Waals surface area contributed by atoms with Gasteiger partial charge in [-0.3, -0.25) is 4.98 Å². The first-order chi connectivity index (χ1) is 12.2. The molecule has 0 bridgehead atoms. The molecule has 2 aromatic carbocycles. The highest BCUT2D eigenvalue weighted by atomic mass is 35.5. The van der Waals surface area contributed by atoms with Gasteiger partial charge in [0.1, 0.15) is 12.3 Å². The topological polar surface area (TPSA) is 34.5 Å². The molecule has 1 heterocycles. The number of fused-ring (bicyclic) bond motifs is 1. The summed E-state index contributed by atoms with van der Waals surface area (Å²) >= 11 is 12.6. The number of benzene rings is 2. The van der Waals surface area contributed by atoms with Crippen LogP contribution in [0.1, 0.15) is 24.0 Å². The van der Waals surface area contributed by atoms with Crippen LogP contribution in [0.4, 0.5) is 0 Å². The van der Waals surface area contributed by atoms with E-state index in [1.54, 1.807) is 12.3 Å². The van der Waals surface area contributed by atoms with Gasteiger partial charge in [0, 0.05) is 22.7 Å². The van der Waals surface area contributed by atoms with Crippen LogP contribution in [0, 0.1) is 5.92 Å². The second-order valence-electron chi connectivity index (χ2n) is 6.20. The molecule has 3 nitrogen and oxygen atoms in total. The fourth-order valence-corrected chi connectivity index (χ4v) is 3.03. The molecular formula is C20H16Cl2N2O. The third kappa shape index (κ3) is 3.63. The van der Waals surface area contributed by atoms with Crippen molar-refractivity contribution in [3.05, 3.63) is 75.9 Å². The van der Waals surface area contributed by atoms with E-state index in [1.165, 1.54) is 12.8 Å². The van der Waals surface area contributed by atoms with Crippen LogP contribution in [-0.2, 0) is 4.84 Å². The highest BCUT2D eigenvalue weighted by molar-refractivity contribution is 6.44. The second kappa shape index (κ2) is 7.03. The van der Waals surface area contributed by atoms with Crippen LogP contribution in [0.5, 0.6) is 0 Å². The summed E-state index contributed by atoms with van der Waals surface area (Å²) in [6, 6.07) is 15.5. The largest absolute Gasteiger partial charge is 0.395 e. The Morgan fingerprint density at radius 1 is 1.12 bits per heavy atom. The number of hydrogen-bond donors (Lipinski definition) is 0. The molecule has 1 aliphatic carbocycles. The minimum absolute atomic E-state index is 0.464. The van der Waals surface area contributed by atoms with Crippen LogP contribution in [0.2, 0.25) is 10.0 Å². The number of rotatable bonds is 5. The van der Waals surface area contributed by atoms with Crippen molar-refractivity contribution in [1.29, 1.82) is 0 Å². The van der Waals surface area contributed by atoms with Gasteiger partial charge < -0.3 is 4.84 Å². The fraction of sp³-hybridized carbons (Fsp3) is 0.200. The molecule has 25 heavy (non-hydrogen) atoms. The van der Waals surface area contributed by atoms with Crippen LogP contribution in [0.25, 0.3) is 10.9 Å². The number of hydrogen-bond acceptors (Lipinski definition) is 3. The molecule has 0 radical (unpaired) electrons. The van der Waals surface area contributed by atoms with Gasteiger partial charge in [-0.05, 0) is 37.0 Å². The minimum Gasteiger partial charge on any atom is -0.395 e. The quantitative estimate of drug-likeness (QED) is 0.425. The van der Waals surface area contributed by atoms with Crippen molar-refractivity contribution in [1.82, 2.24) is 4.98 Å². The monoisotopic (exact) mass is 370 g/mol. The standard InChI is InChI=1S/C20H16Cl2N2O/c21-17-6-3-5-16(19(17)22)20(24-25-12-13-8-9-13)15-10-14-4-1-2-7-18(14)23-11-15/h1-7,10-11,13H,8-9,12H2. The van der Waals surface area contributed by atoms with E-state index in [1.807, 2.05) is 42.5 Å². The Balaban J connectivity index is 1.78. The lowest BCUT2D eigenvalue weighted by Crippen LogP contribution is -2.07. The first kappa shape index (κ1) is 16.4. The summed E-state index contributed by atoms with van der Waals surface area (Å²) in [6.07, 6.45) is 4.21. The second-order valence-corrected chi connectivity index (χ2v) is 6.98. The summed E-state index contributed by atoms with van der Waals surface area (Å²) in [5, 5.41) is 6.37. The van der Waals surface area contributed by atoms with E-state index < -0.39 is 0 Å². The minimum atomic E-state index is 0.464. The predicted octanol–water partition coefficient (Wildman–Crippen LogP) is 5.72. The summed E-state index contributed by atoms with van der Waals surface area (Å²) in [5.41, 5.74) is 3.16. The average molecular weight is 371 g/mol. The van der Waals surface area contributed by atoms with E-state index in [0.717, 1.165) is 22.0 Å². The molecule has 5 heteroatoms. The van der Waals surface area contributed by atoms with Gasteiger partial charge in [-0.15, -0.1) is 0 Å². The lowest BCUT2D eigenvalue weighted by molar-refractivity contribution is 0.134. The number of aromatic nitrogens is 1. The van der Waals surface area contributed by atoms with Crippen LogP contribution in [-0.4, -0.2) is 17.3 Å². The molecule has 1 fully saturated rings. The summed E-state index contributed by atoms with van der Waals surface area (Å²) < 4.78 is 0. The molecule has 0 unspecified atom stereocenters. The average Bonchev–Trinajstić information content (AvgIpc) is 3.46. The zero-order valence-corrected chi connectivity index (χ0v) is 15.0. The Morgan fingerprint density at radius 2 is 1.96 bits per heavy atom. The van der Waals surface area contributed by atoms with E-state index in [-0.39, 0.29) is 0 Å². The van der Waals surface area contributed by atoms with Crippen LogP contribution >= 0.6 is 23.2 Å². The molecule has 0 atom stereocenters. The SMILES string of the molecule is Clc1cccc(C(=NOCC2CC2)c2cnc3ccccc3c2)c1Cl. The molecule has 0 aliphatic heterocycles. The zero-order chi connectivity index (χ0) is 17.2. The van der Waals surface area contributed by atoms with Crippen molar-refractivity contribution in [2.75, 3.05) is 6.61 Å². The molecule has 1 aliphatic rings. The highest BCUT2D eigenvalue weighted by Gasteiger charge is 2.22. The van der Waals surface area contributed by atoms with Crippen molar-refractivity contribution in [2.24, 2.45) is 11.1 Å². The molecule has 1 saturated carbocycles. The fourth-order valence-electron chi connectivity index (χ4n) is 2.64. The van der Waals surface area contributed by atoms with Crippen LogP contribution in [0.15, 0.2) is 59.9 Å². The van der Waals surface area contributed by atoms with E-state index in [4.69, 9.17) is 28.0 Å². The molecule has 0 saturated heterocycles. The van der Waals surface area contributed by atoms with Gasteiger partial charge in [-0.2, -0.15) is 0 Å². The van der Waals surface area contributed by atoms with E-state index in [9.17, 15) is 0 Å². The van der Waals surface area contributed by atoms with Crippen molar-refractivity contribution < 1.29 is 4.84 Å². The van der Waals surface area contributed by atoms with Crippen molar-refractivity contribution in [3.63, 3.8) is 0 Å². The maximum absolute atomic E-state index is 6.42. The van der Waals surface area contributed by atoms with Gasteiger partial charge >= 0.3 is 0 Å². The van der Waals surface area contributed by atoms with Gasteiger partial charge in [0.05, 0.1) is 15.6 Å². The molecule has 126 valence electrons. The first-order valence-electron chi connectivity index (χ1n) is 8.22. The molecule has 3 aromatic rings. The Labute approximate surface area is 156 Å². The lowest BCUT2D eigenvalue weighted by Gasteiger charge is -2.10. The third-order valence-electron chi connectivity index (χ3n) is 4.23. The number of halogens is 2. The number of oxime groups is 1. The normalized spacial score (nSPS) is 14.7. The molecule has 4 rings (SSSR count). The van der Waals surface area contributed by atoms with Crippen molar-refractivity contribution in [2.45, 2.75) is 12.8 Å². The maximum Gasteiger partial charge on any atom is 0.120 e. The van der Waals surface area contributed by atoms with Gasteiger partial charge in [-0.1, -0.05) is 58.7 Å². The van der Waals surface area contributed by atoms with Gasteiger partial charge in [0.2, 0.25) is 0 Å². The maximum atomic E-state index is 6.42. The molecule has 1 aromatic heterocycles. The number of nitrogens with zero attached hydrogens (tertiary/aromatic N) is 2. The predicted molar refractivity (Wildman–Crippen MR) is 103 cm³/mol. The molecular weight excluding hydrogens is 355 g/mol. The zero-order valence-electron chi connectivity index (χ0n) is 13.5.